The molecule has 0 atom stereocenters. The van der Waals surface area contributed by atoms with E-state index in [1.54, 1.807) is 24.3 Å². The van der Waals surface area contributed by atoms with Crippen LogP contribution in [0.15, 0.2) is 71.9 Å². The molecule has 2 aromatic carbocycles. The van der Waals surface area contributed by atoms with Crippen LogP contribution in [0.25, 0.3) is 5.69 Å². The number of esters is 1. The molecule has 6 nitrogen and oxygen atoms in total. The highest BCUT2D eigenvalue weighted by Crippen LogP contribution is 2.34. The molecule has 4 rings (SSSR count). The fourth-order valence-corrected chi connectivity index (χ4v) is 5.24. The van der Waals surface area contributed by atoms with E-state index in [0.29, 0.717) is 29.4 Å². The number of hydrogen-bond acceptors (Lipinski definition) is 5. The van der Waals surface area contributed by atoms with Crippen molar-refractivity contribution in [3.05, 3.63) is 77.6 Å². The van der Waals surface area contributed by atoms with Gasteiger partial charge in [0.05, 0.1) is 28.9 Å². The van der Waals surface area contributed by atoms with Gasteiger partial charge in [0.15, 0.2) is 9.84 Å². The monoisotopic (exact) mass is 430 g/mol. The fraction of sp³-hybridized carbons (Fsp3) is 0.190. The number of halogens is 1. The third-order valence-electron chi connectivity index (χ3n) is 5.05. The second-order valence-corrected chi connectivity index (χ2v) is 9.45. The van der Waals surface area contributed by atoms with Crippen LogP contribution in [0, 0.1) is 0 Å². The number of hydrogen-bond donors (Lipinski definition) is 0. The van der Waals surface area contributed by atoms with E-state index in [4.69, 9.17) is 16.3 Å². The summed E-state index contributed by atoms with van der Waals surface area (Å²) in [4.78, 5) is 14.5. The Kier molecular flexibility index (Phi) is 5.10. The summed E-state index contributed by atoms with van der Waals surface area (Å²) in [6, 6.07) is 15.3. The summed E-state index contributed by atoms with van der Waals surface area (Å²) in [5, 5.41) is -0.0295. The summed E-state index contributed by atoms with van der Waals surface area (Å²) in [6.45, 7) is 0.674. The Morgan fingerprint density at radius 2 is 1.69 bits per heavy atom. The van der Waals surface area contributed by atoms with E-state index in [9.17, 15) is 13.2 Å². The Hall–Kier alpha value is -2.77. The number of benzene rings is 2. The molecule has 0 N–H and O–H groups in total. The summed E-state index contributed by atoms with van der Waals surface area (Å²) in [5.74, 6) is -0.443. The number of carbonyl (C=O) groups excluding carboxylic acids is 1. The Morgan fingerprint density at radius 3 is 2.31 bits per heavy atom. The lowest BCUT2D eigenvalue weighted by molar-refractivity contribution is 0.0600. The number of methoxy groups -OCH3 is 1. The van der Waals surface area contributed by atoms with Crippen molar-refractivity contribution in [2.24, 2.45) is 0 Å². The average molecular weight is 431 g/mol. The fourth-order valence-electron chi connectivity index (χ4n) is 3.46. The van der Waals surface area contributed by atoms with Gasteiger partial charge in [0.2, 0.25) is 0 Å². The molecule has 0 amide bonds. The Morgan fingerprint density at radius 1 is 1.03 bits per heavy atom. The predicted molar refractivity (Wildman–Crippen MR) is 112 cm³/mol. The van der Waals surface area contributed by atoms with Gasteiger partial charge in [0.25, 0.3) is 0 Å². The van der Waals surface area contributed by atoms with Crippen LogP contribution in [0.3, 0.4) is 0 Å². The van der Waals surface area contributed by atoms with Crippen molar-refractivity contribution < 1.29 is 17.9 Å². The van der Waals surface area contributed by atoms with Crippen molar-refractivity contribution in [1.29, 1.82) is 0 Å². The van der Waals surface area contributed by atoms with E-state index in [0.717, 1.165) is 5.69 Å². The molecule has 8 heteroatoms. The molecule has 0 bridgehead atoms. The lowest BCUT2D eigenvalue weighted by Crippen LogP contribution is -2.55. The smallest absolute Gasteiger partial charge is 0.340 e. The highest BCUT2D eigenvalue weighted by Gasteiger charge is 2.39. The normalized spacial score (nSPS) is 14.5. The highest BCUT2D eigenvalue weighted by molar-refractivity contribution is 7.92. The standard InChI is InChI=1S/C21H19ClN2O4S/c1-28-21(25)18-5-4-6-19(20(18)23-11-2-3-12-23)24-13-17(14-24)29(26,27)16-9-7-15(22)8-10-16/h2-12,17H,13-14H2,1H3. The lowest BCUT2D eigenvalue weighted by atomic mass is 10.1. The zero-order valence-corrected chi connectivity index (χ0v) is 17.2. The van der Waals surface area contributed by atoms with Gasteiger partial charge in [0.1, 0.15) is 5.25 Å². The van der Waals surface area contributed by atoms with Gasteiger partial charge in [-0.1, -0.05) is 17.7 Å². The van der Waals surface area contributed by atoms with Crippen molar-refractivity contribution in [2.45, 2.75) is 10.1 Å². The molecule has 150 valence electrons. The summed E-state index contributed by atoms with van der Waals surface area (Å²) in [5.41, 5.74) is 1.88. The third kappa shape index (κ3) is 3.52. The van der Waals surface area contributed by atoms with Crippen LogP contribution in [0.4, 0.5) is 5.69 Å². The summed E-state index contributed by atoms with van der Waals surface area (Å²) in [6.07, 6.45) is 3.68. The van der Waals surface area contributed by atoms with Gasteiger partial charge in [-0.15, -0.1) is 0 Å². The Balaban J connectivity index is 1.65. The van der Waals surface area contributed by atoms with Crippen LogP contribution in [-0.2, 0) is 14.6 Å². The van der Waals surface area contributed by atoms with E-state index >= 15 is 0 Å². The summed E-state index contributed by atoms with van der Waals surface area (Å²) >= 11 is 5.87. The number of anilines is 1. The van der Waals surface area contributed by atoms with Gasteiger partial charge >= 0.3 is 5.97 Å². The van der Waals surface area contributed by atoms with Crippen LogP contribution < -0.4 is 4.90 Å². The van der Waals surface area contributed by atoms with Crippen molar-refractivity contribution >= 4 is 33.1 Å². The van der Waals surface area contributed by atoms with Gasteiger partial charge in [0, 0.05) is 30.5 Å². The second-order valence-electron chi connectivity index (χ2n) is 6.78. The maximum Gasteiger partial charge on any atom is 0.340 e. The van der Waals surface area contributed by atoms with Gasteiger partial charge in [-0.05, 0) is 48.5 Å². The first kappa shape index (κ1) is 19.5. The molecule has 2 heterocycles. The van der Waals surface area contributed by atoms with E-state index in [2.05, 4.69) is 0 Å². The zero-order chi connectivity index (χ0) is 20.6. The number of ether oxygens (including phenoxy) is 1. The number of carbonyl (C=O) groups is 1. The number of nitrogens with zero attached hydrogens (tertiary/aromatic N) is 2. The second kappa shape index (κ2) is 7.57. The number of aromatic nitrogens is 1. The van der Waals surface area contributed by atoms with Gasteiger partial charge in [-0.25, -0.2) is 13.2 Å². The van der Waals surface area contributed by atoms with Gasteiger partial charge < -0.3 is 14.2 Å². The maximum atomic E-state index is 12.9. The molecule has 3 aromatic rings. The van der Waals surface area contributed by atoms with E-state index in [-0.39, 0.29) is 4.90 Å². The quantitative estimate of drug-likeness (QED) is 0.579. The molecule has 0 aliphatic carbocycles. The topological polar surface area (TPSA) is 68.6 Å². The van der Waals surface area contributed by atoms with Crippen molar-refractivity contribution in [1.82, 2.24) is 4.57 Å². The van der Waals surface area contributed by atoms with Crippen LogP contribution in [0.1, 0.15) is 10.4 Å². The molecule has 1 aromatic heterocycles. The Labute approximate surface area is 174 Å². The van der Waals surface area contributed by atoms with Crippen LogP contribution in [0.5, 0.6) is 0 Å². The molecule has 1 aliphatic rings. The van der Waals surface area contributed by atoms with Crippen LogP contribution in [0.2, 0.25) is 5.02 Å². The zero-order valence-electron chi connectivity index (χ0n) is 15.7. The minimum absolute atomic E-state index is 0.264. The third-order valence-corrected chi connectivity index (χ3v) is 7.41. The molecular weight excluding hydrogens is 412 g/mol. The number of rotatable bonds is 5. The molecule has 0 saturated carbocycles. The van der Waals surface area contributed by atoms with E-state index < -0.39 is 21.1 Å². The predicted octanol–water partition coefficient (Wildman–Crippen LogP) is 3.58. The molecule has 1 fully saturated rings. The van der Waals surface area contributed by atoms with E-state index in [1.807, 2.05) is 40.1 Å². The van der Waals surface area contributed by atoms with Gasteiger partial charge in [-0.3, -0.25) is 0 Å². The molecule has 0 unspecified atom stereocenters. The van der Waals surface area contributed by atoms with Crippen LogP contribution in [-0.4, -0.2) is 44.4 Å². The molecule has 0 spiro atoms. The van der Waals surface area contributed by atoms with Crippen LogP contribution >= 0.6 is 11.6 Å². The highest BCUT2D eigenvalue weighted by atomic mass is 35.5. The minimum atomic E-state index is -3.46. The van der Waals surface area contributed by atoms with Crippen molar-refractivity contribution in [2.75, 3.05) is 25.1 Å². The largest absolute Gasteiger partial charge is 0.465 e. The minimum Gasteiger partial charge on any atom is -0.465 e. The first-order chi connectivity index (χ1) is 13.9. The molecule has 0 radical (unpaired) electrons. The molecular formula is C21H19ClN2O4S. The number of para-hydroxylation sites is 1. The molecule has 1 saturated heterocycles. The van der Waals surface area contributed by atoms with Gasteiger partial charge in [-0.2, -0.15) is 0 Å². The van der Waals surface area contributed by atoms with Crippen molar-refractivity contribution in [3.63, 3.8) is 0 Å². The summed E-state index contributed by atoms with van der Waals surface area (Å²) in [7, 11) is -2.12. The lowest BCUT2D eigenvalue weighted by Gasteiger charge is -2.41. The Bertz CT molecular complexity index is 1140. The SMILES string of the molecule is COC(=O)c1cccc(N2CC(S(=O)(=O)c3ccc(Cl)cc3)C2)c1-n1cccc1. The maximum absolute atomic E-state index is 12.9. The average Bonchev–Trinajstić information content (AvgIpc) is 3.20. The van der Waals surface area contributed by atoms with Crippen molar-refractivity contribution in [3.8, 4) is 5.69 Å². The van der Waals surface area contributed by atoms with E-state index in [1.165, 1.54) is 19.2 Å². The first-order valence-corrected chi connectivity index (χ1v) is 10.9. The molecule has 29 heavy (non-hydrogen) atoms. The number of sulfone groups is 1. The molecule has 1 aliphatic heterocycles. The first-order valence-electron chi connectivity index (χ1n) is 9.01. The summed E-state index contributed by atoms with van der Waals surface area (Å²) < 4.78 is 32.5.